The molecule has 1 atom stereocenters. The predicted molar refractivity (Wildman–Crippen MR) is 143 cm³/mol. The number of thiazole rings is 1. The van der Waals surface area contributed by atoms with Gasteiger partial charge in [0.2, 0.25) is 0 Å². The van der Waals surface area contributed by atoms with Gasteiger partial charge in [0.25, 0.3) is 15.9 Å². The summed E-state index contributed by atoms with van der Waals surface area (Å²) in [4.78, 5) is 29.0. The summed E-state index contributed by atoms with van der Waals surface area (Å²) in [5.41, 5.74) is -0.686. The van der Waals surface area contributed by atoms with Gasteiger partial charge in [0.15, 0.2) is 10.9 Å². The molecule has 2 aromatic rings. The fourth-order valence-electron chi connectivity index (χ4n) is 3.92. The van der Waals surface area contributed by atoms with Crippen molar-refractivity contribution in [1.29, 1.82) is 0 Å². The van der Waals surface area contributed by atoms with Gasteiger partial charge in [-0.1, -0.05) is 18.0 Å². The van der Waals surface area contributed by atoms with Crippen molar-refractivity contribution < 1.29 is 35.9 Å². The zero-order valence-electron chi connectivity index (χ0n) is 21.6. The number of benzene rings is 1. The number of alkyl halides is 2. The molecule has 1 aromatic heterocycles. The number of unbranched alkanes of at least 4 members (excludes halogenated alkanes) is 2. The summed E-state index contributed by atoms with van der Waals surface area (Å²) in [6.07, 6.45) is 1.21. The minimum Gasteiger partial charge on any atom is -0.444 e. The van der Waals surface area contributed by atoms with Crippen LogP contribution in [0.3, 0.4) is 0 Å². The molecule has 15 heteroatoms. The van der Waals surface area contributed by atoms with Crippen LogP contribution in [0.15, 0.2) is 28.6 Å². The summed E-state index contributed by atoms with van der Waals surface area (Å²) < 4.78 is 74.9. The second-order valence-corrected chi connectivity index (χ2v) is 13.0. The van der Waals surface area contributed by atoms with Gasteiger partial charge in [-0.15, -0.1) is 11.3 Å². The van der Waals surface area contributed by atoms with Gasteiger partial charge in [-0.3, -0.25) is 14.4 Å². The van der Waals surface area contributed by atoms with Crippen molar-refractivity contribution in [3.63, 3.8) is 0 Å². The topological polar surface area (TPSA) is 118 Å². The first-order chi connectivity index (χ1) is 18.1. The monoisotopic (exact) mass is 610 g/mol. The van der Waals surface area contributed by atoms with Gasteiger partial charge in [-0.25, -0.2) is 31.4 Å². The lowest BCUT2D eigenvalue weighted by Gasteiger charge is -2.27. The molecule has 0 spiro atoms. The highest BCUT2D eigenvalue weighted by Gasteiger charge is 2.50. The number of amides is 1. The standard InChI is InChI=1S/C24H30ClF3N4O5S2/c1-23(2,3)37-22(34)32-14-24(27,28)13-18(32)19(33)7-5-4-6-8-29-17-12-16(26)20(11-15(17)25)39(35,36)31-21-30-9-10-38-21/h9-12,18,29H,4-8,13-14H2,1-3H3,(H,30,31)/t18-/m0/s1. The minimum absolute atomic E-state index is 0.00418. The molecule has 1 aliphatic heterocycles. The summed E-state index contributed by atoms with van der Waals surface area (Å²) in [6.45, 7) is 4.32. The summed E-state index contributed by atoms with van der Waals surface area (Å²) in [6, 6.07) is 0.740. The van der Waals surface area contributed by atoms with Gasteiger partial charge in [0.1, 0.15) is 16.3 Å². The highest BCUT2D eigenvalue weighted by atomic mass is 35.5. The molecule has 216 valence electrons. The zero-order chi connectivity index (χ0) is 29.0. The van der Waals surface area contributed by atoms with E-state index in [-0.39, 0.29) is 22.3 Å². The molecule has 0 unspecified atom stereocenters. The first-order valence-corrected chi connectivity index (χ1v) is 14.9. The first-order valence-electron chi connectivity index (χ1n) is 12.1. The van der Waals surface area contributed by atoms with E-state index in [0.717, 1.165) is 28.4 Å². The average molecular weight is 611 g/mol. The van der Waals surface area contributed by atoms with Crippen molar-refractivity contribution >= 4 is 55.7 Å². The lowest BCUT2D eigenvalue weighted by molar-refractivity contribution is -0.123. The van der Waals surface area contributed by atoms with E-state index >= 15 is 0 Å². The van der Waals surface area contributed by atoms with E-state index < -0.39 is 63.1 Å². The highest BCUT2D eigenvalue weighted by molar-refractivity contribution is 7.93. The van der Waals surface area contributed by atoms with Crippen LogP contribution in [0, 0.1) is 5.82 Å². The number of hydrogen-bond donors (Lipinski definition) is 2. The minimum atomic E-state index is -4.23. The maximum absolute atomic E-state index is 14.6. The van der Waals surface area contributed by atoms with E-state index in [4.69, 9.17) is 16.3 Å². The van der Waals surface area contributed by atoms with E-state index in [2.05, 4.69) is 15.0 Å². The number of nitrogens with zero attached hydrogens (tertiary/aromatic N) is 2. The number of nitrogens with one attached hydrogen (secondary N) is 2. The smallest absolute Gasteiger partial charge is 0.411 e. The van der Waals surface area contributed by atoms with Gasteiger partial charge in [-0.05, 0) is 45.7 Å². The van der Waals surface area contributed by atoms with E-state index in [1.807, 2.05) is 0 Å². The fraction of sp³-hybridized carbons (Fsp3) is 0.542. The Morgan fingerprint density at radius 3 is 2.62 bits per heavy atom. The summed E-state index contributed by atoms with van der Waals surface area (Å²) in [7, 11) is -4.23. The third-order valence-corrected chi connectivity index (χ3v) is 8.13. The Kier molecular flexibility index (Phi) is 9.76. The molecule has 1 saturated heterocycles. The number of aromatic nitrogens is 1. The Labute approximate surface area is 234 Å². The van der Waals surface area contributed by atoms with Gasteiger partial charge in [-0.2, -0.15) is 0 Å². The van der Waals surface area contributed by atoms with Gasteiger partial charge in [0, 0.05) is 31.0 Å². The Bertz CT molecular complexity index is 1290. The molecule has 2 N–H and O–H groups in total. The number of ketones is 1. The Morgan fingerprint density at radius 2 is 1.97 bits per heavy atom. The summed E-state index contributed by atoms with van der Waals surface area (Å²) in [5, 5.41) is 4.57. The number of Topliss-reactive ketones (excluding diaryl/α,β-unsaturated/α-hetero) is 1. The van der Waals surface area contributed by atoms with E-state index in [0.29, 0.717) is 25.8 Å². The van der Waals surface area contributed by atoms with Crippen LogP contribution in [0.1, 0.15) is 52.9 Å². The number of anilines is 2. The lowest BCUT2D eigenvalue weighted by atomic mass is 10.0. The Hall–Kier alpha value is -2.58. The lowest BCUT2D eigenvalue weighted by Crippen LogP contribution is -2.43. The van der Waals surface area contributed by atoms with Crippen molar-refractivity contribution in [3.05, 3.63) is 34.5 Å². The third kappa shape index (κ3) is 8.70. The van der Waals surface area contributed by atoms with Crippen molar-refractivity contribution in [2.45, 2.75) is 75.3 Å². The molecule has 0 radical (unpaired) electrons. The molecule has 1 aliphatic rings. The number of ether oxygens (including phenoxy) is 1. The maximum Gasteiger partial charge on any atom is 0.411 e. The largest absolute Gasteiger partial charge is 0.444 e. The molecule has 3 rings (SSSR count). The molecule has 2 heterocycles. The van der Waals surface area contributed by atoms with Crippen LogP contribution >= 0.6 is 22.9 Å². The van der Waals surface area contributed by atoms with Crippen LogP contribution in [0.4, 0.5) is 28.8 Å². The zero-order valence-corrected chi connectivity index (χ0v) is 24.0. The predicted octanol–water partition coefficient (Wildman–Crippen LogP) is 5.92. The number of hydrogen-bond acceptors (Lipinski definition) is 8. The second kappa shape index (κ2) is 12.3. The van der Waals surface area contributed by atoms with Crippen LogP contribution in [-0.2, 0) is 19.6 Å². The number of rotatable bonds is 11. The average Bonchev–Trinajstić information content (AvgIpc) is 3.43. The van der Waals surface area contributed by atoms with E-state index in [1.54, 1.807) is 26.2 Å². The molecular formula is C24H30ClF3N4O5S2. The van der Waals surface area contributed by atoms with E-state index in [9.17, 15) is 31.2 Å². The molecule has 1 amide bonds. The highest BCUT2D eigenvalue weighted by Crippen LogP contribution is 2.34. The molecule has 0 bridgehead atoms. The Balaban J connectivity index is 1.47. The molecule has 0 saturated carbocycles. The quantitative estimate of drug-likeness (QED) is 0.303. The normalized spacial score (nSPS) is 17.2. The van der Waals surface area contributed by atoms with Crippen LogP contribution in [0.2, 0.25) is 5.02 Å². The number of halogens is 4. The van der Waals surface area contributed by atoms with Crippen LogP contribution in [-0.4, -0.2) is 60.8 Å². The molecule has 39 heavy (non-hydrogen) atoms. The van der Waals surface area contributed by atoms with Crippen molar-refractivity contribution in [2.75, 3.05) is 23.1 Å². The maximum atomic E-state index is 14.6. The van der Waals surface area contributed by atoms with Crippen molar-refractivity contribution in [3.8, 4) is 0 Å². The van der Waals surface area contributed by atoms with E-state index in [1.165, 1.54) is 6.20 Å². The third-order valence-electron chi connectivity index (χ3n) is 5.65. The van der Waals surface area contributed by atoms with Crippen molar-refractivity contribution in [1.82, 2.24) is 9.88 Å². The summed E-state index contributed by atoms with van der Waals surface area (Å²) >= 11 is 7.20. The van der Waals surface area contributed by atoms with Crippen LogP contribution < -0.4 is 10.0 Å². The molecule has 1 fully saturated rings. The molecule has 0 aliphatic carbocycles. The SMILES string of the molecule is CC(C)(C)OC(=O)N1CC(F)(F)C[C@H]1C(=O)CCCCCNc1cc(F)c(S(=O)(=O)Nc2nccs2)cc1Cl. The second-order valence-electron chi connectivity index (χ2n) is 10.1. The van der Waals surface area contributed by atoms with Gasteiger partial charge >= 0.3 is 6.09 Å². The number of carbonyl (C=O) groups excluding carboxylic acids is 2. The molecule has 9 nitrogen and oxygen atoms in total. The fourth-order valence-corrected chi connectivity index (χ4v) is 6.09. The Morgan fingerprint density at radius 1 is 1.26 bits per heavy atom. The first kappa shape index (κ1) is 31.0. The van der Waals surface area contributed by atoms with Gasteiger partial charge in [0.05, 0.1) is 23.3 Å². The van der Waals surface area contributed by atoms with Gasteiger partial charge < -0.3 is 10.1 Å². The summed E-state index contributed by atoms with van der Waals surface area (Å²) in [5.74, 6) is -4.62. The number of likely N-dealkylation sites (tertiary alicyclic amines) is 1. The van der Waals surface area contributed by atoms with Crippen molar-refractivity contribution in [2.24, 2.45) is 0 Å². The molecular weight excluding hydrogens is 581 g/mol. The molecule has 1 aromatic carbocycles. The van der Waals surface area contributed by atoms with Crippen LogP contribution in [0.25, 0.3) is 0 Å². The van der Waals surface area contributed by atoms with Crippen LogP contribution in [0.5, 0.6) is 0 Å². The number of carbonyl (C=O) groups is 2. The number of sulfonamides is 1.